The molecule has 1 heterocycles. The van der Waals surface area contributed by atoms with E-state index in [4.69, 9.17) is 21.1 Å². The number of likely N-dealkylation sites (tertiary alicyclic amines) is 1. The minimum Gasteiger partial charge on any atom is -0.468 e. The van der Waals surface area contributed by atoms with Gasteiger partial charge >= 0.3 is 11.9 Å². The Morgan fingerprint density at radius 2 is 2.16 bits per heavy atom. The monoisotopic (exact) mass is 429 g/mol. The van der Waals surface area contributed by atoms with Crippen molar-refractivity contribution in [1.82, 2.24) is 4.90 Å². The summed E-state index contributed by atoms with van der Waals surface area (Å²) in [5.74, 6) is -0.757. The molecule has 0 amide bonds. The Labute approximate surface area is 161 Å². The molecule has 1 aliphatic rings. The average molecular weight is 431 g/mol. The number of alkyl halides is 1. The number of nitrogens with zero attached hydrogens (tertiary/aromatic N) is 1. The summed E-state index contributed by atoms with van der Waals surface area (Å²) in [5, 5.41) is 0.509. The minimum absolute atomic E-state index is 0.0673. The third kappa shape index (κ3) is 5.06. The summed E-state index contributed by atoms with van der Waals surface area (Å²) in [7, 11) is 1.36. The van der Waals surface area contributed by atoms with E-state index in [9.17, 15) is 9.59 Å². The number of rotatable bonds is 5. The van der Waals surface area contributed by atoms with E-state index in [0.29, 0.717) is 30.3 Å². The summed E-state index contributed by atoms with van der Waals surface area (Å²) in [4.78, 5) is 26.3. The molecule has 1 saturated heterocycles. The van der Waals surface area contributed by atoms with Crippen LogP contribution in [-0.4, -0.2) is 48.5 Å². The predicted octanol–water partition coefficient (Wildman–Crippen LogP) is 3.51. The van der Waals surface area contributed by atoms with E-state index >= 15 is 0 Å². The van der Waals surface area contributed by atoms with Crippen molar-refractivity contribution in [1.29, 1.82) is 0 Å². The molecule has 136 valence electrons. The first kappa shape index (κ1) is 19.9. The SMILES string of the molecule is CCOC(=O)/C=C1\CN([C@H](C(=O)OC)c2ccccc2Cl)CCC1Br. The summed E-state index contributed by atoms with van der Waals surface area (Å²) < 4.78 is 9.99. The second-order valence-corrected chi connectivity index (χ2v) is 7.16. The van der Waals surface area contributed by atoms with E-state index in [1.54, 1.807) is 13.0 Å². The second kappa shape index (κ2) is 9.36. The molecule has 1 aliphatic heterocycles. The van der Waals surface area contributed by atoms with E-state index in [-0.39, 0.29) is 16.8 Å². The van der Waals surface area contributed by atoms with Crippen LogP contribution in [0.3, 0.4) is 0 Å². The maximum absolute atomic E-state index is 12.4. The second-order valence-electron chi connectivity index (χ2n) is 5.65. The molecule has 0 bridgehead atoms. The van der Waals surface area contributed by atoms with Gasteiger partial charge < -0.3 is 9.47 Å². The zero-order valence-corrected chi connectivity index (χ0v) is 16.5. The molecule has 2 atom stereocenters. The molecule has 0 radical (unpaired) electrons. The van der Waals surface area contributed by atoms with Gasteiger partial charge in [0, 0.05) is 29.0 Å². The lowest BCUT2D eigenvalue weighted by atomic mass is 9.98. The van der Waals surface area contributed by atoms with Gasteiger partial charge in [0.25, 0.3) is 0 Å². The first-order chi connectivity index (χ1) is 12.0. The molecule has 1 fully saturated rings. The highest BCUT2D eigenvalue weighted by atomic mass is 79.9. The van der Waals surface area contributed by atoms with Gasteiger partial charge in [0.15, 0.2) is 0 Å². The Balaban J connectivity index is 2.30. The third-order valence-corrected chi connectivity index (χ3v) is 5.43. The van der Waals surface area contributed by atoms with E-state index in [1.165, 1.54) is 13.2 Å². The Kier molecular flexibility index (Phi) is 7.47. The van der Waals surface area contributed by atoms with Gasteiger partial charge in [-0.25, -0.2) is 9.59 Å². The van der Waals surface area contributed by atoms with Gasteiger partial charge in [-0.1, -0.05) is 45.7 Å². The number of piperidine rings is 1. The molecule has 7 heteroatoms. The van der Waals surface area contributed by atoms with E-state index in [1.807, 2.05) is 23.1 Å². The molecule has 1 aromatic carbocycles. The Morgan fingerprint density at radius 1 is 1.44 bits per heavy atom. The molecule has 0 spiro atoms. The van der Waals surface area contributed by atoms with Crippen LogP contribution in [0, 0.1) is 0 Å². The van der Waals surface area contributed by atoms with Crippen molar-refractivity contribution in [2.45, 2.75) is 24.2 Å². The van der Waals surface area contributed by atoms with Crippen molar-refractivity contribution in [2.24, 2.45) is 0 Å². The van der Waals surface area contributed by atoms with Crippen LogP contribution in [0.5, 0.6) is 0 Å². The standard InChI is InChI=1S/C18H21BrClNO4/c1-3-25-16(22)10-12-11-21(9-8-14(12)19)17(18(23)24-2)13-6-4-5-7-15(13)20/h4-7,10,14,17H,3,8-9,11H2,1-2H3/b12-10+/t14?,17-/m0/s1. The minimum atomic E-state index is -0.621. The number of hydrogen-bond acceptors (Lipinski definition) is 5. The number of carbonyl (C=O) groups excluding carboxylic acids is 2. The zero-order chi connectivity index (χ0) is 18.4. The first-order valence-corrected chi connectivity index (χ1v) is 9.34. The summed E-state index contributed by atoms with van der Waals surface area (Å²) in [6.07, 6.45) is 2.25. The van der Waals surface area contributed by atoms with Crippen LogP contribution >= 0.6 is 27.5 Å². The molecule has 1 unspecified atom stereocenters. The number of ether oxygens (including phenoxy) is 2. The third-order valence-electron chi connectivity index (χ3n) is 4.04. The van der Waals surface area contributed by atoms with Crippen molar-refractivity contribution < 1.29 is 19.1 Å². The molecule has 0 saturated carbocycles. The van der Waals surface area contributed by atoms with Gasteiger partial charge in [-0.2, -0.15) is 0 Å². The summed E-state index contributed by atoms with van der Waals surface area (Å²) >= 11 is 9.89. The van der Waals surface area contributed by atoms with Crippen molar-refractivity contribution in [3.8, 4) is 0 Å². The Bertz CT molecular complexity index is 664. The highest BCUT2D eigenvalue weighted by Crippen LogP contribution is 2.33. The van der Waals surface area contributed by atoms with E-state index in [2.05, 4.69) is 15.9 Å². The van der Waals surface area contributed by atoms with Crippen LogP contribution in [0.25, 0.3) is 0 Å². The molecule has 0 aromatic heterocycles. The normalized spacial score (nSPS) is 21.0. The summed E-state index contributed by atoms with van der Waals surface area (Å²) in [6.45, 7) is 3.20. The van der Waals surface area contributed by atoms with Crippen molar-refractivity contribution in [3.63, 3.8) is 0 Å². The van der Waals surface area contributed by atoms with Gasteiger partial charge in [-0.15, -0.1) is 0 Å². The lowest BCUT2D eigenvalue weighted by molar-refractivity contribution is -0.147. The number of hydrogen-bond donors (Lipinski definition) is 0. The Morgan fingerprint density at radius 3 is 2.80 bits per heavy atom. The van der Waals surface area contributed by atoms with Gasteiger partial charge in [0.05, 0.1) is 13.7 Å². The van der Waals surface area contributed by atoms with Gasteiger partial charge in [0.1, 0.15) is 6.04 Å². The fourth-order valence-electron chi connectivity index (χ4n) is 2.85. The fraction of sp³-hybridized carbons (Fsp3) is 0.444. The lowest BCUT2D eigenvalue weighted by Gasteiger charge is -2.36. The number of esters is 2. The summed E-state index contributed by atoms with van der Waals surface area (Å²) in [5.41, 5.74) is 1.56. The van der Waals surface area contributed by atoms with Crippen LogP contribution in [0.15, 0.2) is 35.9 Å². The molecule has 5 nitrogen and oxygen atoms in total. The maximum atomic E-state index is 12.4. The zero-order valence-electron chi connectivity index (χ0n) is 14.2. The van der Waals surface area contributed by atoms with Crippen molar-refractivity contribution >= 4 is 39.5 Å². The van der Waals surface area contributed by atoms with Gasteiger partial charge in [-0.3, -0.25) is 4.90 Å². The molecular formula is C18H21BrClNO4. The van der Waals surface area contributed by atoms with Gasteiger partial charge in [0.2, 0.25) is 0 Å². The van der Waals surface area contributed by atoms with Crippen LogP contribution in [0.1, 0.15) is 24.9 Å². The lowest BCUT2D eigenvalue weighted by Crippen LogP contribution is -2.42. The highest BCUT2D eigenvalue weighted by Gasteiger charge is 2.34. The maximum Gasteiger partial charge on any atom is 0.330 e. The largest absolute Gasteiger partial charge is 0.468 e. The predicted molar refractivity (Wildman–Crippen MR) is 99.8 cm³/mol. The highest BCUT2D eigenvalue weighted by molar-refractivity contribution is 9.09. The molecular weight excluding hydrogens is 410 g/mol. The van der Waals surface area contributed by atoms with Crippen LogP contribution in [0.4, 0.5) is 0 Å². The van der Waals surface area contributed by atoms with Crippen LogP contribution < -0.4 is 0 Å². The van der Waals surface area contributed by atoms with Crippen molar-refractivity contribution in [3.05, 3.63) is 46.5 Å². The van der Waals surface area contributed by atoms with E-state index in [0.717, 1.165) is 12.0 Å². The average Bonchev–Trinajstić information content (AvgIpc) is 2.59. The number of halogens is 2. The molecule has 0 aliphatic carbocycles. The molecule has 1 aromatic rings. The molecule has 2 rings (SSSR count). The van der Waals surface area contributed by atoms with Crippen molar-refractivity contribution in [2.75, 3.05) is 26.8 Å². The quantitative estimate of drug-likeness (QED) is 0.406. The van der Waals surface area contributed by atoms with E-state index < -0.39 is 6.04 Å². The molecule has 0 N–H and O–H groups in total. The topological polar surface area (TPSA) is 55.8 Å². The number of methoxy groups -OCH3 is 1. The van der Waals surface area contributed by atoms with Gasteiger partial charge in [-0.05, 0) is 30.5 Å². The first-order valence-electron chi connectivity index (χ1n) is 8.05. The molecule has 25 heavy (non-hydrogen) atoms. The smallest absolute Gasteiger partial charge is 0.330 e. The summed E-state index contributed by atoms with van der Waals surface area (Å²) in [6, 6.07) is 6.60. The fourth-order valence-corrected chi connectivity index (χ4v) is 3.57. The number of carbonyl (C=O) groups is 2. The van der Waals surface area contributed by atoms with Crippen LogP contribution in [0.2, 0.25) is 5.02 Å². The Hall–Kier alpha value is -1.37. The van der Waals surface area contributed by atoms with Crippen LogP contribution in [-0.2, 0) is 19.1 Å². The number of benzene rings is 1.